The van der Waals surface area contributed by atoms with Crippen molar-refractivity contribution in [3.63, 3.8) is 0 Å². The van der Waals surface area contributed by atoms with Gasteiger partial charge in [-0.1, -0.05) is 13.8 Å². The minimum Gasteiger partial charge on any atom is -0.310 e. The van der Waals surface area contributed by atoms with E-state index in [1.54, 1.807) is 0 Å². The molecule has 2 rings (SSSR count). The maximum absolute atomic E-state index is 11.4. The average molecular weight is 256 g/mol. The van der Waals surface area contributed by atoms with Crippen molar-refractivity contribution >= 4 is 23.5 Å². The Morgan fingerprint density at radius 2 is 2.19 bits per heavy atom. The van der Waals surface area contributed by atoms with Crippen LogP contribution in [0.2, 0.25) is 0 Å². The maximum Gasteiger partial charge on any atom is 0.251 e. The molecule has 0 aliphatic carbocycles. The lowest BCUT2D eigenvalue weighted by atomic mass is 10.3. The summed E-state index contributed by atoms with van der Waals surface area (Å²) >= 11 is 3.87. The van der Waals surface area contributed by atoms with Crippen LogP contribution in [0.15, 0.2) is 10.9 Å². The fourth-order valence-corrected chi connectivity index (χ4v) is 4.55. The normalized spacial score (nSPS) is 30.3. The first kappa shape index (κ1) is 12.0. The van der Waals surface area contributed by atoms with Crippen LogP contribution in [0, 0.1) is 6.92 Å². The molecule has 0 aromatic carbocycles. The van der Waals surface area contributed by atoms with Crippen LogP contribution in [0.5, 0.6) is 0 Å². The summed E-state index contributed by atoms with van der Waals surface area (Å²) < 4.78 is 0. The molecule has 3 atom stereocenters. The van der Waals surface area contributed by atoms with Gasteiger partial charge in [-0.2, -0.15) is 11.8 Å². The standard InChI is InChI=1S/C11H16N2OS2/c1-6-4-10(14)13-11(12-6)9-5-15-7(2)8(3)16-9/h4,7-9H,5H2,1-3H3,(H,12,13,14). The van der Waals surface area contributed by atoms with E-state index in [0.29, 0.717) is 15.7 Å². The predicted octanol–water partition coefficient (Wildman–Crippen LogP) is 2.38. The van der Waals surface area contributed by atoms with Crippen molar-refractivity contribution in [2.75, 3.05) is 5.75 Å². The van der Waals surface area contributed by atoms with Crippen molar-refractivity contribution in [3.05, 3.63) is 27.9 Å². The lowest BCUT2D eigenvalue weighted by Crippen LogP contribution is -2.24. The Kier molecular flexibility index (Phi) is 3.64. The summed E-state index contributed by atoms with van der Waals surface area (Å²) in [7, 11) is 0. The molecule has 1 aliphatic rings. The zero-order valence-corrected chi connectivity index (χ0v) is 11.3. The van der Waals surface area contributed by atoms with Gasteiger partial charge in [0.1, 0.15) is 5.82 Å². The summed E-state index contributed by atoms with van der Waals surface area (Å²) in [6, 6.07) is 1.54. The number of nitrogens with one attached hydrogen (secondary N) is 1. The Morgan fingerprint density at radius 1 is 1.44 bits per heavy atom. The van der Waals surface area contributed by atoms with Crippen molar-refractivity contribution in [1.82, 2.24) is 9.97 Å². The summed E-state index contributed by atoms with van der Waals surface area (Å²) in [6.07, 6.45) is 0. The Balaban J connectivity index is 2.21. The topological polar surface area (TPSA) is 45.8 Å². The van der Waals surface area contributed by atoms with Gasteiger partial charge in [-0.05, 0) is 6.92 Å². The van der Waals surface area contributed by atoms with Gasteiger partial charge in [-0.15, -0.1) is 11.8 Å². The molecule has 0 amide bonds. The van der Waals surface area contributed by atoms with Crippen molar-refractivity contribution in [1.29, 1.82) is 0 Å². The average Bonchev–Trinajstić information content (AvgIpc) is 2.20. The maximum atomic E-state index is 11.4. The Morgan fingerprint density at radius 3 is 2.81 bits per heavy atom. The van der Waals surface area contributed by atoms with E-state index in [4.69, 9.17) is 0 Å². The van der Waals surface area contributed by atoms with E-state index in [1.807, 2.05) is 30.4 Å². The summed E-state index contributed by atoms with van der Waals surface area (Å²) in [5, 5.41) is 1.61. The SMILES string of the molecule is Cc1cc(=O)[nH]c(C2CSC(C)C(C)S2)n1. The molecule has 0 bridgehead atoms. The molecule has 2 heterocycles. The van der Waals surface area contributed by atoms with Gasteiger partial charge in [0.25, 0.3) is 5.56 Å². The Bertz CT molecular complexity index is 432. The number of rotatable bonds is 1. The van der Waals surface area contributed by atoms with Gasteiger partial charge in [0.05, 0.1) is 5.25 Å². The van der Waals surface area contributed by atoms with Crippen molar-refractivity contribution < 1.29 is 0 Å². The number of H-pyrrole nitrogens is 1. The number of aromatic amines is 1. The van der Waals surface area contributed by atoms with Crippen molar-refractivity contribution in [2.24, 2.45) is 0 Å². The second-order valence-corrected chi connectivity index (χ2v) is 7.14. The molecule has 3 unspecified atom stereocenters. The van der Waals surface area contributed by atoms with E-state index in [1.165, 1.54) is 6.07 Å². The summed E-state index contributed by atoms with van der Waals surface area (Å²) in [5.41, 5.74) is 0.759. The molecule has 1 aromatic heterocycles. The van der Waals surface area contributed by atoms with E-state index >= 15 is 0 Å². The highest BCUT2D eigenvalue weighted by Crippen LogP contribution is 2.42. The first-order valence-corrected chi connectivity index (χ1v) is 7.40. The molecule has 16 heavy (non-hydrogen) atoms. The fourth-order valence-electron chi connectivity index (χ4n) is 1.68. The molecule has 88 valence electrons. The molecule has 1 aliphatic heterocycles. The second-order valence-electron chi connectivity index (χ2n) is 4.14. The quantitative estimate of drug-likeness (QED) is 0.838. The fraction of sp³-hybridized carbons (Fsp3) is 0.636. The molecular formula is C11H16N2OS2. The Labute approximate surface area is 104 Å². The van der Waals surface area contributed by atoms with Crippen molar-refractivity contribution in [3.8, 4) is 0 Å². The van der Waals surface area contributed by atoms with E-state index in [2.05, 4.69) is 23.8 Å². The third-order valence-corrected chi connectivity index (χ3v) is 6.14. The van der Waals surface area contributed by atoms with Gasteiger partial charge in [0.2, 0.25) is 0 Å². The molecule has 1 fully saturated rings. The highest BCUT2D eigenvalue weighted by molar-refractivity contribution is 8.07. The molecule has 3 nitrogen and oxygen atoms in total. The first-order chi connectivity index (χ1) is 7.56. The number of thioether (sulfide) groups is 2. The van der Waals surface area contributed by atoms with Gasteiger partial charge >= 0.3 is 0 Å². The summed E-state index contributed by atoms with van der Waals surface area (Å²) in [4.78, 5) is 18.7. The van der Waals surface area contributed by atoms with Crippen molar-refractivity contribution in [2.45, 2.75) is 36.5 Å². The summed E-state index contributed by atoms with van der Waals surface area (Å²) in [6.45, 7) is 6.36. The minimum absolute atomic E-state index is 0.0422. The monoisotopic (exact) mass is 256 g/mol. The van der Waals surface area contributed by atoms with Crippen LogP contribution < -0.4 is 5.56 Å². The van der Waals surface area contributed by atoms with Crippen LogP contribution in [0.25, 0.3) is 0 Å². The highest BCUT2D eigenvalue weighted by Gasteiger charge is 2.28. The zero-order valence-electron chi connectivity index (χ0n) is 9.69. The number of aryl methyl sites for hydroxylation is 1. The van der Waals surface area contributed by atoms with E-state index in [-0.39, 0.29) is 5.56 Å². The zero-order chi connectivity index (χ0) is 11.7. The third-order valence-electron chi connectivity index (χ3n) is 2.74. The number of nitrogens with zero attached hydrogens (tertiary/aromatic N) is 1. The van der Waals surface area contributed by atoms with Crippen LogP contribution in [0.4, 0.5) is 0 Å². The molecule has 1 aromatic rings. The van der Waals surface area contributed by atoms with Crippen LogP contribution >= 0.6 is 23.5 Å². The smallest absolute Gasteiger partial charge is 0.251 e. The van der Waals surface area contributed by atoms with Crippen LogP contribution in [-0.2, 0) is 0 Å². The largest absolute Gasteiger partial charge is 0.310 e. The molecule has 5 heteroatoms. The highest BCUT2D eigenvalue weighted by atomic mass is 32.2. The second kappa shape index (κ2) is 4.84. The molecule has 0 spiro atoms. The lowest BCUT2D eigenvalue weighted by molar-refractivity contribution is 0.844. The number of hydrogen-bond acceptors (Lipinski definition) is 4. The van der Waals surface area contributed by atoms with Crippen LogP contribution in [-0.4, -0.2) is 26.2 Å². The van der Waals surface area contributed by atoms with Gasteiger partial charge in [0.15, 0.2) is 0 Å². The third kappa shape index (κ3) is 2.63. The Hall–Kier alpha value is -0.420. The molecule has 0 saturated carbocycles. The minimum atomic E-state index is -0.0422. The molecule has 0 radical (unpaired) electrons. The van der Waals surface area contributed by atoms with E-state index in [9.17, 15) is 4.79 Å². The number of hydrogen-bond donors (Lipinski definition) is 1. The predicted molar refractivity (Wildman–Crippen MR) is 71.3 cm³/mol. The first-order valence-electron chi connectivity index (χ1n) is 5.41. The van der Waals surface area contributed by atoms with Gasteiger partial charge in [-0.3, -0.25) is 4.79 Å². The molecule has 1 saturated heterocycles. The van der Waals surface area contributed by atoms with E-state index < -0.39 is 0 Å². The lowest BCUT2D eigenvalue weighted by Gasteiger charge is -2.30. The number of aromatic nitrogens is 2. The van der Waals surface area contributed by atoms with Gasteiger partial charge < -0.3 is 4.98 Å². The van der Waals surface area contributed by atoms with Crippen LogP contribution in [0.3, 0.4) is 0 Å². The van der Waals surface area contributed by atoms with Gasteiger partial charge in [-0.25, -0.2) is 4.98 Å². The molecule has 1 N–H and O–H groups in total. The summed E-state index contributed by atoms with van der Waals surface area (Å²) in [5.74, 6) is 1.86. The molecular weight excluding hydrogens is 240 g/mol. The van der Waals surface area contributed by atoms with E-state index in [0.717, 1.165) is 17.3 Å². The van der Waals surface area contributed by atoms with Gasteiger partial charge in [0, 0.05) is 28.0 Å². The van der Waals surface area contributed by atoms with Crippen LogP contribution in [0.1, 0.15) is 30.6 Å².